The molecule has 0 saturated heterocycles. The Balaban J connectivity index is 0.00000544. The van der Waals surface area contributed by atoms with E-state index in [1.165, 1.54) is 70.6 Å². The molecule has 0 aromatic heterocycles. The first-order chi connectivity index (χ1) is 15.5. The van der Waals surface area contributed by atoms with Crippen LogP contribution in [-0.2, 0) is 23.0 Å². The van der Waals surface area contributed by atoms with Gasteiger partial charge < -0.3 is 0 Å². The second-order valence-corrected chi connectivity index (χ2v) is 10.6. The van der Waals surface area contributed by atoms with E-state index in [0.29, 0.717) is 5.39 Å². The Bertz CT molecular complexity index is 909. The van der Waals surface area contributed by atoms with Crippen molar-refractivity contribution in [1.82, 2.24) is 0 Å². The summed E-state index contributed by atoms with van der Waals surface area (Å²) in [6.07, 6.45) is 18.6. The third-order valence-corrected chi connectivity index (χ3v) is 7.52. The van der Waals surface area contributed by atoms with Gasteiger partial charge >= 0.3 is 27.3 Å². The van der Waals surface area contributed by atoms with Gasteiger partial charge in [-0.05, 0) is 42.2 Å². The number of fused-ring (bicyclic) bond motifs is 1. The fourth-order valence-corrected chi connectivity index (χ4v) is 5.74. The standard InChI is InChI=1S/C28H44O3S.Pb.2H/c1-3-5-7-9-11-13-15-19-24-23-25-20-17-18-22-27(25)28(32(29,30)31)26(24)21-16-14-12-10-8-6-4-2;;;/h17-18,20,22-23H,3-16,19,21H2,1-2H3,(H,29,30,31);;;. The molecular formula is C28H46O3PbS. The number of hydrogen-bond acceptors (Lipinski definition) is 2. The third kappa shape index (κ3) is 10.8. The summed E-state index contributed by atoms with van der Waals surface area (Å²) in [5.74, 6) is 0. The summed E-state index contributed by atoms with van der Waals surface area (Å²) in [6.45, 7) is 4.46. The van der Waals surface area contributed by atoms with Crippen molar-refractivity contribution in [3.63, 3.8) is 0 Å². The molecule has 0 fully saturated rings. The van der Waals surface area contributed by atoms with Crippen molar-refractivity contribution in [3.05, 3.63) is 41.5 Å². The molecule has 2 rings (SSSR count). The van der Waals surface area contributed by atoms with Crippen LogP contribution in [0.3, 0.4) is 0 Å². The molecule has 0 aliphatic heterocycles. The molecule has 0 heterocycles. The Morgan fingerprint density at radius 1 is 0.697 bits per heavy atom. The first-order valence-electron chi connectivity index (χ1n) is 13.0. The minimum absolute atomic E-state index is 0. The molecule has 186 valence electrons. The van der Waals surface area contributed by atoms with Gasteiger partial charge in [-0.2, -0.15) is 8.42 Å². The molecular weight excluding hydrogens is 624 g/mol. The van der Waals surface area contributed by atoms with Crippen molar-refractivity contribution in [2.24, 2.45) is 0 Å². The summed E-state index contributed by atoms with van der Waals surface area (Å²) in [4.78, 5) is 0.152. The average Bonchev–Trinajstić information content (AvgIpc) is 2.76. The predicted molar refractivity (Wildman–Crippen MR) is 146 cm³/mol. The van der Waals surface area contributed by atoms with Crippen molar-refractivity contribution in [2.75, 3.05) is 0 Å². The van der Waals surface area contributed by atoms with Crippen LogP contribution < -0.4 is 0 Å². The van der Waals surface area contributed by atoms with E-state index in [9.17, 15) is 13.0 Å². The molecule has 1 N–H and O–H groups in total. The van der Waals surface area contributed by atoms with Gasteiger partial charge in [-0.3, -0.25) is 4.55 Å². The van der Waals surface area contributed by atoms with E-state index >= 15 is 0 Å². The van der Waals surface area contributed by atoms with Gasteiger partial charge in [-0.25, -0.2) is 0 Å². The summed E-state index contributed by atoms with van der Waals surface area (Å²) in [6, 6.07) is 9.73. The molecule has 3 nitrogen and oxygen atoms in total. The van der Waals surface area contributed by atoms with Gasteiger partial charge in [-0.15, -0.1) is 0 Å². The van der Waals surface area contributed by atoms with E-state index in [1.807, 2.05) is 24.3 Å². The molecule has 2 radical (unpaired) electrons. The van der Waals surface area contributed by atoms with Crippen molar-refractivity contribution >= 4 is 48.2 Å². The Labute approximate surface area is 223 Å². The Kier molecular flexibility index (Phi) is 15.8. The second kappa shape index (κ2) is 17.0. The first-order valence-corrected chi connectivity index (χ1v) is 14.4. The van der Waals surface area contributed by atoms with E-state index in [4.69, 9.17) is 0 Å². The number of rotatable bonds is 17. The van der Waals surface area contributed by atoms with E-state index in [0.717, 1.165) is 48.6 Å². The molecule has 0 amide bonds. The fourth-order valence-electron chi connectivity index (χ4n) is 4.74. The summed E-state index contributed by atoms with van der Waals surface area (Å²) < 4.78 is 35.1. The monoisotopic (exact) mass is 670 g/mol. The minimum atomic E-state index is -4.28. The van der Waals surface area contributed by atoms with Crippen LogP contribution >= 0.6 is 0 Å². The molecule has 0 saturated carbocycles. The molecule has 0 spiro atoms. The Hall–Kier alpha value is -0.468. The number of benzene rings is 2. The number of unbranched alkanes of at least 4 members (excludes halogenated alkanes) is 12. The zero-order valence-electron chi connectivity index (χ0n) is 21.1. The van der Waals surface area contributed by atoms with E-state index in [2.05, 4.69) is 19.9 Å². The van der Waals surface area contributed by atoms with Crippen LogP contribution in [0.2, 0.25) is 0 Å². The van der Waals surface area contributed by atoms with Gasteiger partial charge in [0.05, 0.1) is 0 Å². The normalized spacial score (nSPS) is 11.6. The molecule has 2 aromatic carbocycles. The van der Waals surface area contributed by atoms with Crippen molar-refractivity contribution in [1.29, 1.82) is 0 Å². The van der Waals surface area contributed by atoms with Crippen LogP contribution in [0.25, 0.3) is 10.8 Å². The zero-order chi connectivity index (χ0) is 23.2. The van der Waals surface area contributed by atoms with E-state index in [1.54, 1.807) is 0 Å². The van der Waals surface area contributed by atoms with Crippen LogP contribution in [0.5, 0.6) is 0 Å². The van der Waals surface area contributed by atoms with E-state index < -0.39 is 10.1 Å². The van der Waals surface area contributed by atoms with Gasteiger partial charge in [-0.1, -0.05) is 121 Å². The maximum absolute atomic E-state index is 12.5. The van der Waals surface area contributed by atoms with E-state index in [-0.39, 0.29) is 32.2 Å². The Morgan fingerprint density at radius 2 is 1.18 bits per heavy atom. The van der Waals surface area contributed by atoms with Crippen molar-refractivity contribution < 1.29 is 13.0 Å². The SMILES string of the molecule is CCCCCCCCCc1cc2ccccc2c(S(=O)(=O)O)c1CCCCCCCCC.[PbH2]. The molecule has 0 unspecified atom stereocenters. The molecule has 0 aliphatic carbocycles. The van der Waals surface area contributed by atoms with Gasteiger partial charge in [0.1, 0.15) is 4.90 Å². The fraction of sp³-hybridized carbons (Fsp3) is 0.643. The quantitative estimate of drug-likeness (QED) is 0.107. The summed E-state index contributed by atoms with van der Waals surface area (Å²) in [5, 5.41) is 1.55. The molecule has 2 aromatic rings. The van der Waals surface area contributed by atoms with Crippen LogP contribution in [0.4, 0.5) is 0 Å². The van der Waals surface area contributed by atoms with Crippen molar-refractivity contribution in [3.8, 4) is 0 Å². The van der Waals surface area contributed by atoms with Crippen LogP contribution in [0.15, 0.2) is 35.2 Å². The molecule has 5 heteroatoms. The average molecular weight is 670 g/mol. The predicted octanol–water partition coefficient (Wildman–Crippen LogP) is 7.76. The molecule has 0 atom stereocenters. The Morgan fingerprint density at radius 3 is 1.73 bits per heavy atom. The van der Waals surface area contributed by atoms with Crippen LogP contribution in [0.1, 0.15) is 115 Å². The third-order valence-electron chi connectivity index (χ3n) is 6.53. The first kappa shape index (κ1) is 30.6. The van der Waals surface area contributed by atoms with Crippen LogP contribution in [0, 0.1) is 0 Å². The number of aryl methyl sites for hydroxylation is 1. The topological polar surface area (TPSA) is 54.4 Å². The van der Waals surface area contributed by atoms with Gasteiger partial charge in [0.2, 0.25) is 0 Å². The summed E-state index contributed by atoms with van der Waals surface area (Å²) >= 11 is 0. The second-order valence-electron chi connectivity index (χ2n) is 9.28. The summed E-state index contributed by atoms with van der Waals surface area (Å²) in [7, 11) is -4.28. The maximum atomic E-state index is 12.5. The van der Waals surface area contributed by atoms with Crippen LogP contribution in [-0.4, -0.2) is 40.3 Å². The van der Waals surface area contributed by atoms with Gasteiger partial charge in [0.15, 0.2) is 0 Å². The summed E-state index contributed by atoms with van der Waals surface area (Å²) in [5.41, 5.74) is 1.96. The molecule has 33 heavy (non-hydrogen) atoms. The molecule has 0 aliphatic rings. The zero-order valence-corrected chi connectivity index (χ0v) is 27.4. The van der Waals surface area contributed by atoms with Crippen molar-refractivity contribution in [2.45, 2.75) is 121 Å². The molecule has 0 bridgehead atoms. The van der Waals surface area contributed by atoms with Gasteiger partial charge in [0.25, 0.3) is 10.1 Å². The van der Waals surface area contributed by atoms with Gasteiger partial charge in [0, 0.05) is 5.39 Å². The number of hydrogen-bond donors (Lipinski definition) is 1.